The molecule has 0 radical (unpaired) electrons. The molecular weight excluding hydrogens is 580 g/mol. The summed E-state index contributed by atoms with van der Waals surface area (Å²) in [6.45, 7) is 0. The maximum atomic E-state index is 6.62. The van der Waals surface area contributed by atoms with Crippen LogP contribution in [0.25, 0.3) is 110 Å². The Hall–Kier alpha value is -6.46. The van der Waals surface area contributed by atoms with E-state index in [0.29, 0.717) is 0 Å². The van der Waals surface area contributed by atoms with Crippen LogP contribution in [0.15, 0.2) is 147 Å². The Kier molecular flexibility index (Phi) is 4.78. The van der Waals surface area contributed by atoms with E-state index in [1.807, 2.05) is 48.8 Å². The van der Waals surface area contributed by atoms with Gasteiger partial charge in [0.2, 0.25) is 0 Å². The number of nitrogens with zero attached hydrogens (tertiary/aromatic N) is 2. The first kappa shape index (κ1) is 24.8. The third kappa shape index (κ3) is 3.37. The Morgan fingerprint density at radius 3 is 1.64 bits per heavy atom. The largest absolute Gasteiger partial charge is 0.455 e. The van der Waals surface area contributed by atoms with E-state index in [4.69, 9.17) is 23.2 Å². The standard InChI is InChI=1S/C42H22N2O3/c1-3-8-26-23(6-1)12-15-29-31-18-20-43-36(41(31)46-38(26)29)25-14-17-35-34(22-25)28-10-5-11-33(40(28)45-35)37-42-32(19-21-44-37)30-16-13-24-7-2-4-9-27(24)39(30)47-42/h1-22H. The van der Waals surface area contributed by atoms with E-state index in [9.17, 15) is 0 Å². The SMILES string of the molecule is c1ccc2c(c1)ccc1c3ccnc(-c4ccc5oc6c(-c7nccc8c7oc7c9ccccc9ccc87)cccc6c5c4)c3oc21. The lowest BCUT2D eigenvalue weighted by Crippen LogP contribution is -1.85. The van der Waals surface area contributed by atoms with E-state index in [0.717, 1.165) is 110 Å². The quantitative estimate of drug-likeness (QED) is 0.197. The van der Waals surface area contributed by atoms with Gasteiger partial charge in [0, 0.05) is 66.6 Å². The fourth-order valence-electron chi connectivity index (χ4n) is 7.39. The molecule has 6 aromatic carbocycles. The van der Waals surface area contributed by atoms with Crippen LogP contribution in [0.3, 0.4) is 0 Å². The molecule has 0 aliphatic rings. The molecular formula is C42H22N2O3. The van der Waals surface area contributed by atoms with Crippen molar-refractivity contribution < 1.29 is 13.3 Å². The molecule has 0 aliphatic heterocycles. The van der Waals surface area contributed by atoms with Crippen LogP contribution in [0, 0.1) is 0 Å². The second-order valence-electron chi connectivity index (χ2n) is 12.1. The maximum absolute atomic E-state index is 6.62. The Balaban J connectivity index is 1.12. The summed E-state index contributed by atoms with van der Waals surface area (Å²) >= 11 is 0. The van der Waals surface area contributed by atoms with Gasteiger partial charge in [-0.15, -0.1) is 0 Å². The summed E-state index contributed by atoms with van der Waals surface area (Å²) in [5.74, 6) is 0. The molecule has 11 aromatic rings. The van der Waals surface area contributed by atoms with Gasteiger partial charge in [-0.05, 0) is 59.3 Å². The lowest BCUT2D eigenvalue weighted by molar-refractivity contribution is 0.665. The van der Waals surface area contributed by atoms with Gasteiger partial charge in [0.15, 0.2) is 11.2 Å². The van der Waals surface area contributed by atoms with Gasteiger partial charge in [-0.1, -0.05) is 72.8 Å². The highest BCUT2D eigenvalue weighted by molar-refractivity contribution is 6.19. The number of hydrogen-bond acceptors (Lipinski definition) is 5. The highest BCUT2D eigenvalue weighted by Gasteiger charge is 2.21. The third-order valence-electron chi connectivity index (χ3n) is 9.58. The van der Waals surface area contributed by atoms with Gasteiger partial charge < -0.3 is 13.3 Å². The van der Waals surface area contributed by atoms with Crippen molar-refractivity contribution in [2.75, 3.05) is 0 Å². The van der Waals surface area contributed by atoms with Crippen molar-refractivity contribution in [2.45, 2.75) is 0 Å². The van der Waals surface area contributed by atoms with E-state index >= 15 is 0 Å². The second kappa shape index (κ2) is 9.05. The molecule has 0 saturated carbocycles. The van der Waals surface area contributed by atoms with Crippen LogP contribution in [-0.2, 0) is 0 Å². The number of furan rings is 3. The van der Waals surface area contributed by atoms with Gasteiger partial charge >= 0.3 is 0 Å². The van der Waals surface area contributed by atoms with Crippen molar-refractivity contribution in [3.05, 3.63) is 134 Å². The van der Waals surface area contributed by atoms with Crippen LogP contribution in [0.2, 0.25) is 0 Å². The molecule has 218 valence electrons. The minimum absolute atomic E-state index is 0.751. The van der Waals surface area contributed by atoms with E-state index in [1.54, 1.807) is 0 Å². The zero-order valence-electron chi connectivity index (χ0n) is 24.8. The van der Waals surface area contributed by atoms with Gasteiger partial charge in [-0.2, -0.15) is 0 Å². The second-order valence-corrected chi connectivity index (χ2v) is 12.1. The molecule has 0 spiro atoms. The van der Waals surface area contributed by atoms with Crippen LogP contribution in [-0.4, -0.2) is 9.97 Å². The number of pyridine rings is 2. The van der Waals surface area contributed by atoms with E-state index in [1.165, 1.54) is 0 Å². The molecule has 0 N–H and O–H groups in total. The van der Waals surface area contributed by atoms with Gasteiger partial charge in [0.25, 0.3) is 0 Å². The number of para-hydroxylation sites is 1. The van der Waals surface area contributed by atoms with E-state index < -0.39 is 0 Å². The topological polar surface area (TPSA) is 65.2 Å². The summed E-state index contributed by atoms with van der Waals surface area (Å²) in [6.07, 6.45) is 3.71. The molecule has 0 bridgehead atoms. The first-order valence-corrected chi connectivity index (χ1v) is 15.6. The summed E-state index contributed by atoms with van der Waals surface area (Å²) in [7, 11) is 0. The Morgan fingerprint density at radius 2 is 0.936 bits per heavy atom. The third-order valence-corrected chi connectivity index (χ3v) is 9.58. The molecule has 0 unspecified atom stereocenters. The minimum Gasteiger partial charge on any atom is -0.455 e. The maximum Gasteiger partial charge on any atom is 0.161 e. The first-order chi connectivity index (χ1) is 23.3. The number of benzene rings is 6. The highest BCUT2D eigenvalue weighted by Crippen LogP contribution is 2.43. The van der Waals surface area contributed by atoms with Crippen molar-refractivity contribution in [1.82, 2.24) is 9.97 Å². The molecule has 5 aromatic heterocycles. The van der Waals surface area contributed by atoms with Gasteiger partial charge in [0.05, 0.1) is 0 Å². The molecule has 5 heteroatoms. The summed E-state index contributed by atoms with van der Waals surface area (Å²) in [4.78, 5) is 9.66. The van der Waals surface area contributed by atoms with Crippen LogP contribution in [0.5, 0.6) is 0 Å². The van der Waals surface area contributed by atoms with Crippen molar-refractivity contribution in [3.8, 4) is 22.5 Å². The first-order valence-electron chi connectivity index (χ1n) is 15.6. The van der Waals surface area contributed by atoms with E-state index in [2.05, 4.69) is 84.9 Å². The highest BCUT2D eigenvalue weighted by atomic mass is 16.3. The van der Waals surface area contributed by atoms with Crippen LogP contribution >= 0.6 is 0 Å². The fourth-order valence-corrected chi connectivity index (χ4v) is 7.39. The lowest BCUT2D eigenvalue weighted by Gasteiger charge is -2.03. The molecule has 0 amide bonds. The monoisotopic (exact) mass is 602 g/mol. The molecule has 0 atom stereocenters. The zero-order chi connectivity index (χ0) is 30.6. The molecule has 5 heterocycles. The Bertz CT molecular complexity index is 3090. The van der Waals surface area contributed by atoms with Crippen molar-refractivity contribution in [2.24, 2.45) is 0 Å². The predicted octanol–water partition coefficient (Wildman–Crippen LogP) is 11.8. The van der Waals surface area contributed by atoms with Crippen molar-refractivity contribution in [1.29, 1.82) is 0 Å². The Morgan fingerprint density at radius 1 is 0.362 bits per heavy atom. The van der Waals surface area contributed by atoms with Crippen LogP contribution < -0.4 is 0 Å². The molecule has 5 nitrogen and oxygen atoms in total. The normalized spacial score (nSPS) is 12.3. The van der Waals surface area contributed by atoms with Crippen LogP contribution in [0.4, 0.5) is 0 Å². The number of fused-ring (bicyclic) bond motifs is 13. The van der Waals surface area contributed by atoms with Gasteiger partial charge in [0.1, 0.15) is 33.7 Å². The minimum atomic E-state index is 0.751. The summed E-state index contributed by atoms with van der Waals surface area (Å²) in [5.41, 5.74) is 8.25. The van der Waals surface area contributed by atoms with Gasteiger partial charge in [-0.25, -0.2) is 0 Å². The summed E-state index contributed by atoms with van der Waals surface area (Å²) in [5, 5.41) is 10.7. The predicted molar refractivity (Wildman–Crippen MR) is 190 cm³/mol. The van der Waals surface area contributed by atoms with Crippen LogP contribution in [0.1, 0.15) is 0 Å². The number of rotatable bonds is 2. The molecule has 0 saturated heterocycles. The average Bonchev–Trinajstić information content (AvgIpc) is 3.83. The van der Waals surface area contributed by atoms with Crippen molar-refractivity contribution in [3.63, 3.8) is 0 Å². The average molecular weight is 603 g/mol. The summed E-state index contributed by atoms with van der Waals surface area (Å²) in [6, 6.07) is 41.7. The number of aromatic nitrogens is 2. The Labute approximate surface area is 266 Å². The molecule has 47 heavy (non-hydrogen) atoms. The van der Waals surface area contributed by atoms with Crippen molar-refractivity contribution >= 4 is 87.4 Å². The molecule has 11 rings (SSSR count). The smallest absolute Gasteiger partial charge is 0.161 e. The molecule has 0 fully saturated rings. The van der Waals surface area contributed by atoms with Gasteiger partial charge in [-0.3, -0.25) is 9.97 Å². The zero-order valence-corrected chi connectivity index (χ0v) is 24.8. The fraction of sp³-hybridized carbons (Fsp3) is 0. The molecule has 0 aliphatic carbocycles. The van der Waals surface area contributed by atoms with E-state index in [-0.39, 0.29) is 0 Å². The summed E-state index contributed by atoms with van der Waals surface area (Å²) < 4.78 is 19.8. The number of hydrogen-bond donors (Lipinski definition) is 0. The lowest BCUT2D eigenvalue weighted by atomic mass is 10.0.